The third kappa shape index (κ3) is 2.71. The fourth-order valence-corrected chi connectivity index (χ4v) is 5.24. The van der Waals surface area contributed by atoms with E-state index in [9.17, 15) is 9.18 Å². The van der Waals surface area contributed by atoms with Crippen LogP contribution in [0.1, 0.15) is 29.2 Å². The van der Waals surface area contributed by atoms with Crippen LogP contribution in [0.3, 0.4) is 0 Å². The molecule has 2 atom stereocenters. The summed E-state index contributed by atoms with van der Waals surface area (Å²) in [7, 11) is 0. The molecule has 3 aliphatic rings. The van der Waals surface area contributed by atoms with Gasteiger partial charge in [-0.3, -0.25) is 4.79 Å². The third-order valence-corrected chi connectivity index (χ3v) is 6.89. The van der Waals surface area contributed by atoms with E-state index in [1.807, 2.05) is 36.4 Å². The van der Waals surface area contributed by atoms with Gasteiger partial charge in [0, 0.05) is 20.9 Å². The lowest BCUT2D eigenvalue weighted by atomic mass is 9.92. The average Bonchev–Trinajstić information content (AvgIpc) is 3.31. The summed E-state index contributed by atoms with van der Waals surface area (Å²) in [6, 6.07) is 17.4. The molecule has 0 saturated carbocycles. The van der Waals surface area contributed by atoms with Crippen LogP contribution >= 0.6 is 31.9 Å². The Hall–Kier alpha value is -2.71. The molecule has 1 amide bonds. The van der Waals surface area contributed by atoms with Crippen LogP contribution in [-0.2, 0) is 10.5 Å². The van der Waals surface area contributed by atoms with E-state index >= 15 is 0 Å². The van der Waals surface area contributed by atoms with E-state index in [0.29, 0.717) is 23.4 Å². The van der Waals surface area contributed by atoms with Crippen molar-refractivity contribution in [3.8, 4) is 5.75 Å². The van der Waals surface area contributed by atoms with Gasteiger partial charge in [-0.25, -0.2) is 9.40 Å². The molecule has 5 nitrogen and oxygen atoms in total. The standard InChI is InChI=1S/C23H14Br2FN3O2/c24-13-4-8-21-16(9-13)20-11-19(12-1-5-15(26)6-2-12)28-29(20)23(31-21)17-10-14(25)3-7-18(17)27-22(23)30/h1-10,20H,11H2,(H,27,30)/t20-,23+/m1/s1. The minimum Gasteiger partial charge on any atom is -0.453 e. The molecule has 8 heteroatoms. The van der Waals surface area contributed by atoms with Gasteiger partial charge in [-0.2, -0.15) is 5.10 Å². The van der Waals surface area contributed by atoms with E-state index in [2.05, 4.69) is 37.2 Å². The van der Waals surface area contributed by atoms with E-state index < -0.39 is 5.72 Å². The highest BCUT2D eigenvalue weighted by Gasteiger charge is 2.61. The maximum atomic E-state index is 13.5. The quantitative estimate of drug-likeness (QED) is 0.429. The number of carbonyl (C=O) groups is 1. The summed E-state index contributed by atoms with van der Waals surface area (Å²) in [6.45, 7) is 0. The van der Waals surface area contributed by atoms with Gasteiger partial charge in [0.05, 0.1) is 23.0 Å². The number of amides is 1. The van der Waals surface area contributed by atoms with Gasteiger partial charge in [-0.1, -0.05) is 44.0 Å². The molecule has 1 N–H and O–H groups in total. The number of hydrazone groups is 1. The summed E-state index contributed by atoms with van der Waals surface area (Å²) in [5.74, 6) is 0.0503. The second kappa shape index (κ2) is 6.64. The second-order valence-electron chi connectivity index (χ2n) is 7.69. The molecule has 3 aromatic rings. The number of nitrogens with zero attached hydrogens (tertiary/aromatic N) is 2. The highest BCUT2D eigenvalue weighted by atomic mass is 79.9. The first-order valence-corrected chi connectivity index (χ1v) is 11.3. The molecule has 0 radical (unpaired) electrons. The van der Waals surface area contributed by atoms with Crippen LogP contribution in [0.25, 0.3) is 0 Å². The zero-order valence-corrected chi connectivity index (χ0v) is 19.1. The molecule has 0 aliphatic carbocycles. The lowest BCUT2D eigenvalue weighted by Crippen LogP contribution is -2.55. The molecule has 154 valence electrons. The van der Waals surface area contributed by atoms with Gasteiger partial charge in [0.25, 0.3) is 5.91 Å². The minimum absolute atomic E-state index is 0.211. The van der Waals surface area contributed by atoms with E-state index in [4.69, 9.17) is 9.84 Å². The molecule has 0 fully saturated rings. The summed E-state index contributed by atoms with van der Waals surface area (Å²) in [6.07, 6.45) is 0.566. The van der Waals surface area contributed by atoms with E-state index in [1.165, 1.54) is 12.1 Å². The molecular formula is C23H14Br2FN3O2. The van der Waals surface area contributed by atoms with Crippen LogP contribution in [0, 0.1) is 5.82 Å². The fourth-order valence-electron chi connectivity index (χ4n) is 4.50. The topological polar surface area (TPSA) is 53.9 Å². The van der Waals surface area contributed by atoms with Crippen molar-refractivity contribution in [2.24, 2.45) is 5.10 Å². The molecule has 0 aromatic heterocycles. The van der Waals surface area contributed by atoms with Crippen LogP contribution < -0.4 is 10.1 Å². The Morgan fingerprint density at radius 2 is 1.81 bits per heavy atom. The van der Waals surface area contributed by atoms with Crippen LogP contribution in [-0.4, -0.2) is 16.6 Å². The van der Waals surface area contributed by atoms with E-state index in [0.717, 1.165) is 25.8 Å². The summed E-state index contributed by atoms with van der Waals surface area (Å²) in [5, 5.41) is 9.57. The zero-order chi connectivity index (χ0) is 21.3. The summed E-state index contributed by atoms with van der Waals surface area (Å²) in [4.78, 5) is 13.4. The molecule has 0 unspecified atom stereocenters. The van der Waals surface area contributed by atoms with Crippen molar-refractivity contribution in [2.75, 3.05) is 5.32 Å². The van der Waals surface area contributed by atoms with Crippen molar-refractivity contribution in [1.29, 1.82) is 0 Å². The highest BCUT2D eigenvalue weighted by Crippen LogP contribution is 2.54. The van der Waals surface area contributed by atoms with Gasteiger partial charge in [-0.15, -0.1) is 0 Å². The van der Waals surface area contributed by atoms with Crippen LogP contribution in [0.2, 0.25) is 0 Å². The number of hydrogen-bond acceptors (Lipinski definition) is 4. The first kappa shape index (κ1) is 19.0. The number of carbonyl (C=O) groups excluding carboxylic acids is 1. The first-order valence-electron chi connectivity index (χ1n) is 9.68. The normalized spacial score (nSPS) is 23.1. The van der Waals surface area contributed by atoms with Gasteiger partial charge in [-0.05, 0) is 54.1 Å². The summed E-state index contributed by atoms with van der Waals surface area (Å²) < 4.78 is 21.7. The van der Waals surface area contributed by atoms with Gasteiger partial charge in [0.2, 0.25) is 0 Å². The monoisotopic (exact) mass is 541 g/mol. The van der Waals surface area contributed by atoms with Crippen molar-refractivity contribution in [1.82, 2.24) is 5.01 Å². The molecule has 0 saturated heterocycles. The fraction of sp³-hybridized carbons (Fsp3) is 0.130. The minimum atomic E-state index is -1.42. The van der Waals surface area contributed by atoms with Crippen LogP contribution in [0.15, 0.2) is 74.7 Å². The molecule has 6 rings (SSSR count). The molecule has 0 bridgehead atoms. The Kier molecular flexibility index (Phi) is 4.07. The molecule has 3 aromatic carbocycles. The van der Waals surface area contributed by atoms with Gasteiger partial charge in [0.1, 0.15) is 11.6 Å². The Balaban J connectivity index is 1.58. The first-order chi connectivity index (χ1) is 15.0. The molecule has 1 spiro atoms. The van der Waals surface area contributed by atoms with Gasteiger partial charge < -0.3 is 10.1 Å². The highest BCUT2D eigenvalue weighted by molar-refractivity contribution is 9.10. The molecule has 3 aliphatic heterocycles. The smallest absolute Gasteiger partial charge is 0.306 e. The number of rotatable bonds is 1. The predicted molar refractivity (Wildman–Crippen MR) is 121 cm³/mol. The molecule has 3 heterocycles. The number of hydrogen-bond donors (Lipinski definition) is 1. The number of ether oxygens (including phenoxy) is 1. The number of anilines is 1. The average molecular weight is 543 g/mol. The largest absolute Gasteiger partial charge is 0.453 e. The molecule has 31 heavy (non-hydrogen) atoms. The summed E-state index contributed by atoms with van der Waals surface area (Å²) >= 11 is 7.05. The Morgan fingerprint density at radius 3 is 2.61 bits per heavy atom. The van der Waals surface area contributed by atoms with Gasteiger partial charge >= 0.3 is 5.72 Å². The Bertz CT molecular complexity index is 1290. The van der Waals surface area contributed by atoms with Crippen molar-refractivity contribution >= 4 is 49.2 Å². The predicted octanol–water partition coefficient (Wildman–Crippen LogP) is 5.70. The zero-order valence-electron chi connectivity index (χ0n) is 15.9. The van der Waals surface area contributed by atoms with Crippen molar-refractivity contribution < 1.29 is 13.9 Å². The van der Waals surface area contributed by atoms with Crippen molar-refractivity contribution in [2.45, 2.75) is 18.2 Å². The van der Waals surface area contributed by atoms with Crippen LogP contribution in [0.4, 0.5) is 10.1 Å². The SMILES string of the molecule is O=C1Nc2ccc(Br)cc2[C@]12Oc1ccc(Br)cc1[C@H]1CC(c3ccc(F)cc3)=NN12. The van der Waals surface area contributed by atoms with E-state index in [1.54, 1.807) is 17.1 Å². The lowest BCUT2D eigenvalue weighted by Gasteiger charge is -2.44. The maximum Gasteiger partial charge on any atom is 0.306 e. The number of halogens is 3. The summed E-state index contributed by atoms with van der Waals surface area (Å²) in [5.41, 5.74) is 2.50. The Morgan fingerprint density at radius 1 is 1.06 bits per heavy atom. The van der Waals surface area contributed by atoms with E-state index in [-0.39, 0.29) is 17.8 Å². The third-order valence-electron chi connectivity index (χ3n) is 5.90. The number of benzene rings is 3. The molecular weight excluding hydrogens is 529 g/mol. The van der Waals surface area contributed by atoms with Gasteiger partial charge in [0.15, 0.2) is 0 Å². The Labute approximate surface area is 194 Å². The maximum absolute atomic E-state index is 13.5. The van der Waals surface area contributed by atoms with Crippen molar-refractivity contribution in [3.05, 3.63) is 92.1 Å². The second-order valence-corrected chi connectivity index (χ2v) is 9.52. The number of nitrogens with one attached hydrogen (secondary N) is 1. The van der Waals surface area contributed by atoms with Crippen LogP contribution in [0.5, 0.6) is 5.75 Å². The number of fused-ring (bicyclic) bond motifs is 6. The van der Waals surface area contributed by atoms with Crippen molar-refractivity contribution in [3.63, 3.8) is 0 Å². The lowest BCUT2D eigenvalue weighted by molar-refractivity contribution is -0.161.